The minimum absolute atomic E-state index is 0.0520. The van der Waals surface area contributed by atoms with Gasteiger partial charge >= 0.3 is 0 Å². The van der Waals surface area contributed by atoms with Gasteiger partial charge in [-0.1, -0.05) is 48.5 Å². The Bertz CT molecular complexity index is 1360. The number of imidazole rings is 1. The van der Waals surface area contributed by atoms with Crippen LogP contribution in [0.3, 0.4) is 0 Å². The quantitative estimate of drug-likeness (QED) is 0.299. The molecule has 0 aliphatic carbocycles. The van der Waals surface area contributed by atoms with E-state index in [0.29, 0.717) is 23.5 Å². The van der Waals surface area contributed by atoms with Crippen molar-refractivity contribution in [3.05, 3.63) is 102 Å². The van der Waals surface area contributed by atoms with Crippen molar-refractivity contribution >= 4 is 22.7 Å². The van der Waals surface area contributed by atoms with Crippen molar-refractivity contribution in [3.63, 3.8) is 0 Å². The number of likely N-dealkylation sites (tertiary alicyclic amines) is 1. The van der Waals surface area contributed by atoms with Crippen LogP contribution in [0.25, 0.3) is 11.0 Å². The van der Waals surface area contributed by atoms with Crippen LogP contribution in [0.4, 0.5) is 4.39 Å². The molecule has 5 rings (SSSR count). The van der Waals surface area contributed by atoms with E-state index in [9.17, 15) is 14.0 Å². The van der Waals surface area contributed by atoms with Gasteiger partial charge in [-0.15, -0.1) is 0 Å². The van der Waals surface area contributed by atoms with Crippen LogP contribution >= 0.6 is 0 Å². The fourth-order valence-corrected chi connectivity index (χ4v) is 5.39. The Labute approximate surface area is 222 Å². The standard InChI is InChI=1S/C31H33FN4O2/c1-35(31(38)23-9-3-2-4-10-23)21-24(25-11-5-6-12-26(25)32)17-20-36-18-15-22(16-19-36)29(37)30-33-27-13-7-8-14-28(27)34-30/h2-14,22,24H,15-21H2,1H3,(H,33,34). The molecule has 38 heavy (non-hydrogen) atoms. The molecule has 1 aliphatic rings. The third kappa shape index (κ3) is 5.83. The van der Waals surface area contributed by atoms with Crippen molar-refractivity contribution in [1.82, 2.24) is 19.8 Å². The summed E-state index contributed by atoms with van der Waals surface area (Å²) in [5.74, 6) is 0.0131. The Morgan fingerprint density at radius 3 is 2.42 bits per heavy atom. The van der Waals surface area contributed by atoms with E-state index in [1.807, 2.05) is 54.6 Å². The van der Waals surface area contributed by atoms with E-state index in [1.165, 1.54) is 6.07 Å². The molecule has 3 aromatic carbocycles. The maximum Gasteiger partial charge on any atom is 0.253 e. The highest BCUT2D eigenvalue weighted by atomic mass is 19.1. The van der Waals surface area contributed by atoms with Gasteiger partial charge in [0.05, 0.1) is 11.0 Å². The Morgan fingerprint density at radius 2 is 1.68 bits per heavy atom. The number of amides is 1. The van der Waals surface area contributed by atoms with E-state index < -0.39 is 0 Å². The molecule has 7 heteroatoms. The highest BCUT2D eigenvalue weighted by Crippen LogP contribution is 2.27. The van der Waals surface area contributed by atoms with Crippen molar-refractivity contribution in [1.29, 1.82) is 0 Å². The number of hydrogen-bond donors (Lipinski definition) is 1. The summed E-state index contributed by atoms with van der Waals surface area (Å²) in [7, 11) is 1.78. The van der Waals surface area contributed by atoms with E-state index in [-0.39, 0.29) is 29.3 Å². The van der Waals surface area contributed by atoms with E-state index in [2.05, 4.69) is 14.9 Å². The number of rotatable bonds is 9. The molecule has 1 fully saturated rings. The Hall–Kier alpha value is -3.84. The second-order valence-corrected chi connectivity index (χ2v) is 10.1. The average molecular weight is 513 g/mol. The average Bonchev–Trinajstić information content (AvgIpc) is 3.40. The maximum absolute atomic E-state index is 14.8. The largest absolute Gasteiger partial charge is 0.341 e. The predicted octanol–water partition coefficient (Wildman–Crippen LogP) is 5.54. The van der Waals surface area contributed by atoms with Crippen LogP contribution in [0.5, 0.6) is 0 Å². The number of H-pyrrole nitrogens is 1. The first-order chi connectivity index (χ1) is 18.5. The van der Waals surface area contributed by atoms with Gasteiger partial charge in [0.2, 0.25) is 5.78 Å². The van der Waals surface area contributed by atoms with E-state index in [1.54, 1.807) is 30.1 Å². The number of aromatic amines is 1. The van der Waals surface area contributed by atoms with Crippen LogP contribution in [0.15, 0.2) is 78.9 Å². The molecular formula is C31H33FN4O2. The van der Waals surface area contributed by atoms with Crippen molar-refractivity contribution in [3.8, 4) is 0 Å². The Balaban J connectivity index is 1.20. The van der Waals surface area contributed by atoms with Gasteiger partial charge in [0.25, 0.3) is 5.91 Å². The van der Waals surface area contributed by atoms with Crippen LogP contribution in [-0.4, -0.2) is 64.7 Å². The van der Waals surface area contributed by atoms with Crippen molar-refractivity contribution in [2.45, 2.75) is 25.2 Å². The highest BCUT2D eigenvalue weighted by Gasteiger charge is 2.29. The zero-order chi connectivity index (χ0) is 26.5. The van der Waals surface area contributed by atoms with Gasteiger partial charge in [-0.25, -0.2) is 9.37 Å². The first-order valence-electron chi connectivity index (χ1n) is 13.3. The summed E-state index contributed by atoms with van der Waals surface area (Å²) < 4.78 is 14.8. The first kappa shape index (κ1) is 25.8. The number of para-hydroxylation sites is 2. The lowest BCUT2D eigenvalue weighted by Crippen LogP contribution is -2.38. The summed E-state index contributed by atoms with van der Waals surface area (Å²) in [5, 5.41) is 0. The lowest BCUT2D eigenvalue weighted by atomic mass is 9.90. The normalized spacial score (nSPS) is 15.4. The summed E-state index contributed by atoms with van der Waals surface area (Å²) in [6.07, 6.45) is 2.26. The lowest BCUT2D eigenvalue weighted by molar-refractivity contribution is 0.0779. The van der Waals surface area contributed by atoms with E-state index >= 15 is 0 Å². The molecule has 2 heterocycles. The molecule has 1 N–H and O–H groups in total. The zero-order valence-corrected chi connectivity index (χ0v) is 21.6. The number of halogens is 1. The summed E-state index contributed by atoms with van der Waals surface area (Å²) in [5.41, 5.74) is 2.94. The summed E-state index contributed by atoms with van der Waals surface area (Å²) in [6, 6.07) is 23.7. The van der Waals surface area contributed by atoms with Crippen LogP contribution in [0, 0.1) is 11.7 Å². The molecule has 1 unspecified atom stereocenters. The number of ketones is 1. The fraction of sp³-hybridized carbons (Fsp3) is 0.323. The molecule has 1 aromatic heterocycles. The Morgan fingerprint density at radius 1 is 1.00 bits per heavy atom. The molecule has 1 atom stereocenters. The topological polar surface area (TPSA) is 69.3 Å². The first-order valence-corrected chi connectivity index (χ1v) is 13.3. The van der Waals surface area contributed by atoms with E-state index in [0.717, 1.165) is 49.9 Å². The number of Topliss-reactive ketones (excluding diaryl/α,β-unsaturated/α-hetero) is 1. The number of carbonyl (C=O) groups is 2. The van der Waals surface area contributed by atoms with Crippen LogP contribution < -0.4 is 0 Å². The molecular weight excluding hydrogens is 479 g/mol. The highest BCUT2D eigenvalue weighted by molar-refractivity contribution is 5.97. The van der Waals surface area contributed by atoms with Crippen LogP contribution in [-0.2, 0) is 0 Å². The number of hydrogen-bond acceptors (Lipinski definition) is 4. The van der Waals surface area contributed by atoms with Gasteiger partial charge < -0.3 is 14.8 Å². The number of piperidine rings is 1. The molecule has 1 saturated heterocycles. The number of fused-ring (bicyclic) bond motifs is 1. The van der Waals surface area contributed by atoms with Crippen molar-refractivity contribution in [2.75, 3.05) is 33.2 Å². The summed E-state index contributed by atoms with van der Waals surface area (Å²) in [4.78, 5) is 37.7. The number of aromatic nitrogens is 2. The monoisotopic (exact) mass is 512 g/mol. The third-order valence-electron chi connectivity index (χ3n) is 7.58. The minimum Gasteiger partial charge on any atom is -0.341 e. The van der Waals surface area contributed by atoms with Gasteiger partial charge in [-0.05, 0) is 74.8 Å². The summed E-state index contributed by atoms with van der Waals surface area (Å²) in [6.45, 7) is 2.81. The van der Waals surface area contributed by atoms with E-state index in [4.69, 9.17) is 0 Å². The van der Waals surface area contributed by atoms with Gasteiger partial charge in [0, 0.05) is 31.0 Å². The molecule has 0 spiro atoms. The second kappa shape index (κ2) is 11.7. The number of nitrogens with zero attached hydrogens (tertiary/aromatic N) is 3. The molecule has 0 bridgehead atoms. The number of benzene rings is 3. The number of carbonyl (C=O) groups excluding carboxylic acids is 2. The third-order valence-corrected chi connectivity index (χ3v) is 7.58. The smallest absolute Gasteiger partial charge is 0.253 e. The van der Waals surface area contributed by atoms with Gasteiger partial charge in [0.1, 0.15) is 5.82 Å². The molecule has 0 saturated carbocycles. The Kier molecular flexibility index (Phi) is 7.94. The summed E-state index contributed by atoms with van der Waals surface area (Å²) >= 11 is 0. The van der Waals surface area contributed by atoms with Gasteiger partial charge in [-0.3, -0.25) is 9.59 Å². The maximum atomic E-state index is 14.8. The molecule has 196 valence electrons. The minimum atomic E-state index is -0.242. The zero-order valence-electron chi connectivity index (χ0n) is 21.6. The lowest BCUT2D eigenvalue weighted by Gasteiger charge is -2.33. The van der Waals surface area contributed by atoms with Gasteiger partial charge in [-0.2, -0.15) is 0 Å². The van der Waals surface area contributed by atoms with Crippen LogP contribution in [0.1, 0.15) is 51.7 Å². The fourth-order valence-electron chi connectivity index (χ4n) is 5.39. The number of nitrogens with one attached hydrogen (secondary N) is 1. The molecule has 4 aromatic rings. The second-order valence-electron chi connectivity index (χ2n) is 10.1. The molecule has 0 radical (unpaired) electrons. The molecule has 1 amide bonds. The SMILES string of the molecule is CN(CC(CCN1CCC(C(=O)c2nc3ccccc3[nH]2)CC1)c1ccccc1F)C(=O)c1ccccc1. The molecule has 1 aliphatic heterocycles. The van der Waals surface area contributed by atoms with Crippen molar-refractivity contribution in [2.24, 2.45) is 5.92 Å². The number of likely N-dealkylation sites (N-methyl/N-ethyl adjacent to an activating group) is 1. The van der Waals surface area contributed by atoms with Gasteiger partial charge in [0.15, 0.2) is 5.82 Å². The molecule has 6 nitrogen and oxygen atoms in total. The van der Waals surface area contributed by atoms with Crippen molar-refractivity contribution < 1.29 is 14.0 Å². The van der Waals surface area contributed by atoms with Crippen LogP contribution in [0.2, 0.25) is 0 Å². The predicted molar refractivity (Wildman–Crippen MR) is 147 cm³/mol.